The smallest absolute Gasteiger partial charge is 0.345 e. The van der Waals surface area contributed by atoms with Crippen LogP contribution >= 0.6 is 0 Å². The van der Waals surface area contributed by atoms with E-state index in [0.717, 1.165) is 10.6 Å². The van der Waals surface area contributed by atoms with Crippen LogP contribution in [-0.2, 0) is 4.84 Å². The SMILES string of the molecule is CON(C)C(=O)Nc1cccc(OCC(C#N)c2ccccc2)c1. The third-order valence-electron chi connectivity index (χ3n) is 3.42. The van der Waals surface area contributed by atoms with Crippen LogP contribution in [0, 0.1) is 11.3 Å². The zero-order valence-corrected chi connectivity index (χ0v) is 13.6. The number of benzene rings is 2. The van der Waals surface area contributed by atoms with Crippen LogP contribution < -0.4 is 10.1 Å². The minimum atomic E-state index is -0.395. The first-order valence-electron chi connectivity index (χ1n) is 7.40. The van der Waals surface area contributed by atoms with Gasteiger partial charge >= 0.3 is 6.03 Å². The van der Waals surface area contributed by atoms with Gasteiger partial charge in [0.2, 0.25) is 0 Å². The molecule has 24 heavy (non-hydrogen) atoms. The number of anilines is 1. The first-order valence-corrected chi connectivity index (χ1v) is 7.40. The Morgan fingerprint density at radius 2 is 2.00 bits per heavy atom. The molecule has 0 bridgehead atoms. The Hall–Kier alpha value is -3.04. The van der Waals surface area contributed by atoms with E-state index in [-0.39, 0.29) is 12.5 Å². The highest BCUT2D eigenvalue weighted by atomic mass is 16.7. The predicted octanol–water partition coefficient (Wildman–Crippen LogP) is 3.40. The third kappa shape index (κ3) is 4.73. The predicted molar refractivity (Wildman–Crippen MR) is 90.5 cm³/mol. The number of hydrogen-bond donors (Lipinski definition) is 1. The van der Waals surface area contributed by atoms with E-state index in [0.29, 0.717) is 11.4 Å². The molecule has 2 amide bonds. The Kier molecular flexibility index (Phi) is 6.17. The topological polar surface area (TPSA) is 74.6 Å². The summed E-state index contributed by atoms with van der Waals surface area (Å²) in [4.78, 5) is 16.6. The van der Waals surface area contributed by atoms with Crippen LogP contribution in [-0.4, -0.2) is 31.9 Å². The Balaban J connectivity index is 1.99. The maximum absolute atomic E-state index is 11.8. The number of rotatable bonds is 6. The monoisotopic (exact) mass is 325 g/mol. The molecule has 1 unspecified atom stereocenters. The summed E-state index contributed by atoms with van der Waals surface area (Å²) in [6.07, 6.45) is 0. The maximum Gasteiger partial charge on any atom is 0.345 e. The van der Waals surface area contributed by atoms with Crippen LogP contribution in [0.25, 0.3) is 0 Å². The number of urea groups is 1. The number of carbonyl (C=O) groups is 1. The van der Waals surface area contributed by atoms with Crippen LogP contribution in [0.4, 0.5) is 10.5 Å². The van der Waals surface area contributed by atoms with Gasteiger partial charge in [-0.05, 0) is 17.7 Å². The summed E-state index contributed by atoms with van der Waals surface area (Å²) in [6.45, 7) is 0.232. The van der Waals surface area contributed by atoms with E-state index in [1.54, 1.807) is 24.3 Å². The zero-order chi connectivity index (χ0) is 17.4. The molecule has 0 fully saturated rings. The lowest BCUT2D eigenvalue weighted by Crippen LogP contribution is -2.30. The number of carbonyl (C=O) groups excluding carboxylic acids is 1. The van der Waals surface area contributed by atoms with Gasteiger partial charge in [0.05, 0.1) is 13.2 Å². The molecule has 6 nitrogen and oxygen atoms in total. The highest BCUT2D eigenvalue weighted by Crippen LogP contribution is 2.21. The van der Waals surface area contributed by atoms with Crippen LogP contribution in [0.3, 0.4) is 0 Å². The molecule has 0 aliphatic carbocycles. The normalized spacial score (nSPS) is 11.2. The first kappa shape index (κ1) is 17.3. The summed E-state index contributed by atoms with van der Waals surface area (Å²) in [5.41, 5.74) is 1.49. The fourth-order valence-electron chi connectivity index (χ4n) is 2.02. The molecule has 0 spiro atoms. The number of nitriles is 1. The summed E-state index contributed by atoms with van der Waals surface area (Å²) in [5, 5.41) is 13.1. The van der Waals surface area contributed by atoms with Gasteiger partial charge in [0.25, 0.3) is 0 Å². The number of hydrogen-bond acceptors (Lipinski definition) is 4. The molecule has 2 aromatic carbocycles. The molecule has 0 heterocycles. The second kappa shape index (κ2) is 8.56. The lowest BCUT2D eigenvalue weighted by molar-refractivity contribution is -0.0598. The van der Waals surface area contributed by atoms with Gasteiger partial charge in [-0.25, -0.2) is 9.86 Å². The second-order valence-electron chi connectivity index (χ2n) is 5.04. The molecular formula is C18H19N3O3. The standard InChI is InChI=1S/C18H19N3O3/c1-21(23-2)18(22)20-16-9-6-10-17(11-16)24-13-15(12-19)14-7-4-3-5-8-14/h3-11,15H,13H2,1-2H3,(H,20,22). The van der Waals surface area contributed by atoms with E-state index in [1.807, 2.05) is 30.3 Å². The van der Waals surface area contributed by atoms with E-state index in [4.69, 9.17) is 9.57 Å². The number of nitrogens with one attached hydrogen (secondary N) is 1. The van der Waals surface area contributed by atoms with Gasteiger partial charge in [0, 0.05) is 18.8 Å². The van der Waals surface area contributed by atoms with Gasteiger partial charge < -0.3 is 10.1 Å². The molecule has 1 N–H and O–H groups in total. The highest BCUT2D eigenvalue weighted by Gasteiger charge is 2.12. The van der Waals surface area contributed by atoms with Gasteiger partial charge in [0.1, 0.15) is 18.3 Å². The van der Waals surface area contributed by atoms with Crippen LogP contribution in [0.2, 0.25) is 0 Å². The fourth-order valence-corrected chi connectivity index (χ4v) is 2.02. The summed E-state index contributed by atoms with van der Waals surface area (Å²) >= 11 is 0. The Bertz CT molecular complexity index is 713. The van der Waals surface area contributed by atoms with Gasteiger partial charge in [-0.2, -0.15) is 5.26 Å². The minimum Gasteiger partial charge on any atom is -0.492 e. The number of ether oxygens (including phenoxy) is 1. The van der Waals surface area contributed by atoms with Crippen molar-refractivity contribution in [1.82, 2.24) is 5.06 Å². The molecule has 1 atom stereocenters. The number of nitrogens with zero attached hydrogens (tertiary/aromatic N) is 2. The van der Waals surface area contributed by atoms with Gasteiger partial charge in [0.15, 0.2) is 0 Å². The van der Waals surface area contributed by atoms with E-state index >= 15 is 0 Å². The van der Waals surface area contributed by atoms with Crippen molar-refractivity contribution in [2.45, 2.75) is 5.92 Å². The lowest BCUT2D eigenvalue weighted by Gasteiger charge is -2.15. The zero-order valence-electron chi connectivity index (χ0n) is 13.6. The van der Waals surface area contributed by atoms with Crippen molar-refractivity contribution in [3.8, 4) is 11.8 Å². The van der Waals surface area contributed by atoms with E-state index in [1.165, 1.54) is 14.2 Å². The lowest BCUT2D eigenvalue weighted by atomic mass is 10.0. The van der Waals surface area contributed by atoms with Crippen molar-refractivity contribution in [2.24, 2.45) is 0 Å². The molecule has 2 rings (SSSR count). The quantitative estimate of drug-likeness (QED) is 0.826. The third-order valence-corrected chi connectivity index (χ3v) is 3.42. The Morgan fingerprint density at radius 3 is 2.67 bits per heavy atom. The molecule has 0 radical (unpaired) electrons. The van der Waals surface area contributed by atoms with Crippen molar-refractivity contribution < 1.29 is 14.4 Å². The first-order chi connectivity index (χ1) is 11.6. The van der Waals surface area contributed by atoms with E-state index in [9.17, 15) is 10.1 Å². The molecule has 124 valence electrons. The van der Waals surface area contributed by atoms with Crippen molar-refractivity contribution in [2.75, 3.05) is 26.1 Å². The van der Waals surface area contributed by atoms with Crippen molar-refractivity contribution >= 4 is 11.7 Å². The Labute approximate surface area is 141 Å². The molecule has 2 aromatic rings. The summed E-state index contributed by atoms with van der Waals surface area (Å²) < 4.78 is 5.70. The van der Waals surface area contributed by atoms with Crippen molar-refractivity contribution in [3.05, 3.63) is 60.2 Å². The number of hydroxylamine groups is 2. The van der Waals surface area contributed by atoms with E-state index < -0.39 is 6.03 Å². The van der Waals surface area contributed by atoms with Crippen molar-refractivity contribution in [3.63, 3.8) is 0 Å². The van der Waals surface area contributed by atoms with Gasteiger partial charge in [-0.3, -0.25) is 4.84 Å². The van der Waals surface area contributed by atoms with E-state index in [2.05, 4.69) is 11.4 Å². The summed E-state index contributed by atoms with van der Waals surface area (Å²) in [5.74, 6) is 0.216. The highest BCUT2D eigenvalue weighted by molar-refractivity contribution is 5.88. The average molecular weight is 325 g/mol. The average Bonchev–Trinajstić information content (AvgIpc) is 2.62. The molecular weight excluding hydrogens is 306 g/mol. The summed E-state index contributed by atoms with van der Waals surface area (Å²) in [7, 11) is 2.91. The van der Waals surface area contributed by atoms with Gasteiger partial charge in [-0.15, -0.1) is 0 Å². The maximum atomic E-state index is 11.8. The van der Waals surface area contributed by atoms with Crippen LogP contribution in [0.1, 0.15) is 11.5 Å². The second-order valence-corrected chi connectivity index (χ2v) is 5.04. The van der Waals surface area contributed by atoms with Gasteiger partial charge in [-0.1, -0.05) is 36.4 Å². The largest absolute Gasteiger partial charge is 0.492 e. The fraction of sp³-hybridized carbons (Fsp3) is 0.222. The molecule has 0 saturated carbocycles. The minimum absolute atomic E-state index is 0.232. The molecule has 0 aliphatic heterocycles. The Morgan fingerprint density at radius 1 is 1.25 bits per heavy atom. The molecule has 0 aliphatic rings. The number of amides is 2. The van der Waals surface area contributed by atoms with Crippen LogP contribution in [0.5, 0.6) is 5.75 Å². The van der Waals surface area contributed by atoms with Crippen LogP contribution in [0.15, 0.2) is 54.6 Å². The van der Waals surface area contributed by atoms with Crippen molar-refractivity contribution in [1.29, 1.82) is 5.26 Å². The molecule has 0 aromatic heterocycles. The molecule has 6 heteroatoms. The summed E-state index contributed by atoms with van der Waals surface area (Å²) in [6, 6.07) is 18.3. The molecule has 0 saturated heterocycles.